The van der Waals surface area contributed by atoms with Gasteiger partial charge < -0.3 is 10.6 Å². The van der Waals surface area contributed by atoms with Gasteiger partial charge in [-0.25, -0.2) is 0 Å². The third kappa shape index (κ3) is 1.11. The fourth-order valence-corrected chi connectivity index (χ4v) is 1.77. The van der Waals surface area contributed by atoms with Crippen molar-refractivity contribution in [3.63, 3.8) is 0 Å². The highest BCUT2D eigenvalue weighted by molar-refractivity contribution is 7.80. The zero-order valence-corrected chi connectivity index (χ0v) is 6.91. The van der Waals surface area contributed by atoms with E-state index in [1.807, 2.05) is 0 Å². The molecule has 0 aromatic rings. The van der Waals surface area contributed by atoms with Crippen molar-refractivity contribution in [2.45, 2.75) is 25.3 Å². The molecule has 1 aliphatic carbocycles. The minimum absolute atomic E-state index is 0.0313. The number of rotatable bonds is 1. The van der Waals surface area contributed by atoms with Crippen LogP contribution in [-0.4, -0.2) is 17.1 Å². The van der Waals surface area contributed by atoms with Crippen LogP contribution in [0, 0.1) is 5.92 Å². The van der Waals surface area contributed by atoms with Crippen LogP contribution in [0.25, 0.3) is 0 Å². The molecule has 0 aromatic carbocycles. The lowest BCUT2D eigenvalue weighted by molar-refractivity contribution is -0.121. The van der Waals surface area contributed by atoms with Crippen molar-refractivity contribution >= 4 is 23.2 Å². The summed E-state index contributed by atoms with van der Waals surface area (Å²) in [4.78, 5) is 11.2. The van der Waals surface area contributed by atoms with E-state index in [9.17, 15) is 4.79 Å². The van der Waals surface area contributed by atoms with Gasteiger partial charge in [-0.3, -0.25) is 4.79 Å². The summed E-state index contributed by atoms with van der Waals surface area (Å²) in [5.74, 6) is 0.579. The molecule has 1 unspecified atom stereocenters. The van der Waals surface area contributed by atoms with Crippen molar-refractivity contribution < 1.29 is 4.79 Å². The molecule has 11 heavy (non-hydrogen) atoms. The standard InChI is InChI=1S/C7H10N2OS/c10-6-5(4-2-1-3-4)8-7(11)9-6/h4-5H,1-3H2,(H2,8,9,10,11). The lowest BCUT2D eigenvalue weighted by atomic mass is 9.80. The van der Waals surface area contributed by atoms with Crippen LogP contribution < -0.4 is 10.6 Å². The normalized spacial score (nSPS) is 31.1. The van der Waals surface area contributed by atoms with Crippen molar-refractivity contribution in [2.75, 3.05) is 0 Å². The molecule has 2 aliphatic rings. The molecule has 1 saturated heterocycles. The van der Waals surface area contributed by atoms with Gasteiger partial charge in [-0.1, -0.05) is 6.42 Å². The predicted octanol–water partition coefficient (Wildman–Crippen LogP) is 0.159. The van der Waals surface area contributed by atoms with E-state index in [0.717, 1.165) is 12.8 Å². The van der Waals surface area contributed by atoms with E-state index in [0.29, 0.717) is 11.0 Å². The summed E-state index contributed by atoms with van der Waals surface area (Å²) >= 11 is 4.82. The molecule has 1 aliphatic heterocycles. The van der Waals surface area contributed by atoms with E-state index in [2.05, 4.69) is 10.6 Å². The molecule has 2 N–H and O–H groups in total. The lowest BCUT2D eigenvalue weighted by Gasteiger charge is -2.29. The Hall–Kier alpha value is -0.640. The maximum absolute atomic E-state index is 11.2. The molecule has 1 amide bonds. The Morgan fingerprint density at radius 2 is 2.18 bits per heavy atom. The average Bonchev–Trinajstić information content (AvgIpc) is 2.07. The largest absolute Gasteiger partial charge is 0.350 e. The maximum Gasteiger partial charge on any atom is 0.248 e. The molecule has 4 heteroatoms. The van der Waals surface area contributed by atoms with Crippen molar-refractivity contribution in [1.82, 2.24) is 10.6 Å². The van der Waals surface area contributed by atoms with Crippen molar-refractivity contribution in [1.29, 1.82) is 0 Å². The zero-order valence-electron chi connectivity index (χ0n) is 6.09. The molecule has 1 saturated carbocycles. The van der Waals surface area contributed by atoms with Gasteiger partial charge in [0.2, 0.25) is 5.91 Å². The summed E-state index contributed by atoms with van der Waals surface area (Å²) in [6, 6.07) is -0.0313. The van der Waals surface area contributed by atoms with E-state index in [4.69, 9.17) is 12.2 Å². The first-order valence-electron chi connectivity index (χ1n) is 3.89. The molecule has 0 bridgehead atoms. The Morgan fingerprint density at radius 1 is 1.45 bits per heavy atom. The Balaban J connectivity index is 2.02. The first-order valence-corrected chi connectivity index (χ1v) is 4.29. The molecular weight excluding hydrogens is 160 g/mol. The number of carbonyl (C=O) groups is 1. The summed E-state index contributed by atoms with van der Waals surface area (Å²) in [5, 5.41) is 6.07. The fourth-order valence-electron chi connectivity index (χ4n) is 1.54. The Morgan fingerprint density at radius 3 is 2.55 bits per heavy atom. The molecule has 0 radical (unpaired) electrons. The van der Waals surface area contributed by atoms with Crippen LogP contribution in [0.4, 0.5) is 0 Å². The van der Waals surface area contributed by atoms with Gasteiger partial charge in [0, 0.05) is 0 Å². The average molecular weight is 170 g/mol. The summed E-state index contributed by atoms with van der Waals surface area (Å²) in [5.41, 5.74) is 0. The van der Waals surface area contributed by atoms with Gasteiger partial charge >= 0.3 is 0 Å². The summed E-state index contributed by atoms with van der Waals surface area (Å²) in [6.07, 6.45) is 3.57. The summed E-state index contributed by atoms with van der Waals surface area (Å²) < 4.78 is 0. The van der Waals surface area contributed by atoms with Gasteiger partial charge in [-0.2, -0.15) is 0 Å². The van der Waals surface area contributed by atoms with Crippen LogP contribution in [0.15, 0.2) is 0 Å². The number of nitrogens with one attached hydrogen (secondary N) is 2. The first kappa shape index (κ1) is 7.03. The smallest absolute Gasteiger partial charge is 0.248 e. The molecule has 0 spiro atoms. The molecule has 2 fully saturated rings. The van der Waals surface area contributed by atoms with Crippen LogP contribution in [0.3, 0.4) is 0 Å². The molecule has 60 valence electrons. The zero-order chi connectivity index (χ0) is 7.84. The fraction of sp³-hybridized carbons (Fsp3) is 0.714. The first-order chi connectivity index (χ1) is 5.27. The van der Waals surface area contributed by atoms with Gasteiger partial charge in [-0.15, -0.1) is 0 Å². The van der Waals surface area contributed by atoms with Gasteiger partial charge in [0.1, 0.15) is 6.04 Å². The quantitative estimate of drug-likeness (QED) is 0.551. The SMILES string of the molecule is O=C1NC(=S)NC1C1CCC1. The third-order valence-electron chi connectivity index (χ3n) is 2.43. The van der Waals surface area contributed by atoms with E-state index in [1.54, 1.807) is 0 Å². The van der Waals surface area contributed by atoms with E-state index in [1.165, 1.54) is 6.42 Å². The predicted molar refractivity (Wildman–Crippen MR) is 45.0 cm³/mol. The summed E-state index contributed by atoms with van der Waals surface area (Å²) in [7, 11) is 0. The van der Waals surface area contributed by atoms with Crippen LogP contribution in [0.2, 0.25) is 0 Å². The van der Waals surface area contributed by atoms with Crippen LogP contribution in [-0.2, 0) is 4.79 Å². The minimum atomic E-state index is -0.0313. The van der Waals surface area contributed by atoms with Gasteiger partial charge in [0.15, 0.2) is 5.11 Å². The molecule has 1 atom stereocenters. The minimum Gasteiger partial charge on any atom is -0.350 e. The Labute approximate surface area is 70.5 Å². The number of hydrogen-bond acceptors (Lipinski definition) is 2. The van der Waals surface area contributed by atoms with Crippen molar-refractivity contribution in [2.24, 2.45) is 5.92 Å². The monoisotopic (exact) mass is 170 g/mol. The van der Waals surface area contributed by atoms with Crippen molar-refractivity contribution in [3.8, 4) is 0 Å². The highest BCUT2D eigenvalue weighted by Crippen LogP contribution is 2.30. The van der Waals surface area contributed by atoms with Gasteiger partial charge in [-0.05, 0) is 31.0 Å². The number of hydrogen-bond donors (Lipinski definition) is 2. The molecule has 0 aromatic heterocycles. The molecule has 3 nitrogen and oxygen atoms in total. The molecule has 1 heterocycles. The van der Waals surface area contributed by atoms with Gasteiger partial charge in [0.25, 0.3) is 0 Å². The van der Waals surface area contributed by atoms with Crippen LogP contribution >= 0.6 is 12.2 Å². The second kappa shape index (κ2) is 2.44. The Kier molecular flexibility index (Phi) is 1.56. The highest BCUT2D eigenvalue weighted by atomic mass is 32.1. The van der Waals surface area contributed by atoms with Crippen LogP contribution in [0.1, 0.15) is 19.3 Å². The molecule has 2 rings (SSSR count). The molecular formula is C7H10N2OS. The van der Waals surface area contributed by atoms with E-state index in [-0.39, 0.29) is 11.9 Å². The topological polar surface area (TPSA) is 41.1 Å². The number of thiocarbonyl (C=S) groups is 1. The van der Waals surface area contributed by atoms with E-state index >= 15 is 0 Å². The van der Waals surface area contributed by atoms with Crippen LogP contribution in [0.5, 0.6) is 0 Å². The van der Waals surface area contributed by atoms with Crippen molar-refractivity contribution in [3.05, 3.63) is 0 Å². The second-order valence-electron chi connectivity index (χ2n) is 3.13. The lowest BCUT2D eigenvalue weighted by Crippen LogP contribution is -2.40. The summed E-state index contributed by atoms with van der Waals surface area (Å²) in [6.45, 7) is 0. The third-order valence-corrected chi connectivity index (χ3v) is 2.65. The van der Waals surface area contributed by atoms with E-state index < -0.39 is 0 Å². The second-order valence-corrected chi connectivity index (χ2v) is 3.54. The van der Waals surface area contributed by atoms with Gasteiger partial charge in [0.05, 0.1) is 0 Å². The highest BCUT2D eigenvalue weighted by Gasteiger charge is 2.37. The Bertz CT molecular complexity index is 212. The maximum atomic E-state index is 11.2. The number of carbonyl (C=O) groups excluding carboxylic acids is 1. The number of amides is 1.